The Morgan fingerprint density at radius 1 is 1.31 bits per heavy atom. The number of fused-ring (bicyclic) bond motifs is 3. The number of carbonyl (C=O) groups is 2. The van der Waals surface area contributed by atoms with Crippen LogP contribution in [0, 0.1) is 11.6 Å². The Balaban J connectivity index is 0.00000240. The van der Waals surface area contributed by atoms with Gasteiger partial charge in [-0.05, 0) is 22.0 Å². The summed E-state index contributed by atoms with van der Waals surface area (Å²) in [7, 11) is 0. The van der Waals surface area contributed by atoms with Crippen LogP contribution in [0.2, 0.25) is 0 Å². The van der Waals surface area contributed by atoms with Crippen LogP contribution in [-0.4, -0.2) is 45.9 Å². The second-order valence-corrected chi connectivity index (χ2v) is 7.47. The minimum atomic E-state index is -1.24. The molecule has 156 valence electrons. The maximum atomic E-state index is 13.9. The topological polar surface area (TPSA) is 79.3 Å². The largest absolute Gasteiger partial charge is 0.348 e. The quantitative estimate of drug-likeness (QED) is 0.624. The Labute approximate surface area is 173 Å². The molecule has 11 heteroatoms. The van der Waals surface area contributed by atoms with Gasteiger partial charge in [0.2, 0.25) is 0 Å². The van der Waals surface area contributed by atoms with Crippen LogP contribution < -0.4 is 10.6 Å². The molecule has 4 rings (SSSR count). The third kappa shape index (κ3) is 3.96. The second-order valence-electron chi connectivity index (χ2n) is 6.61. The van der Waals surface area contributed by atoms with E-state index in [1.54, 1.807) is 0 Å². The molecule has 1 aromatic heterocycles. The molecular weight excluding hydrogens is 455 g/mol. The highest BCUT2D eigenvalue weighted by Crippen LogP contribution is 2.27. The van der Waals surface area contributed by atoms with Gasteiger partial charge in [-0.25, -0.2) is 18.0 Å². The summed E-state index contributed by atoms with van der Waals surface area (Å²) < 4.78 is 42.4. The predicted molar refractivity (Wildman–Crippen MR) is 103 cm³/mol. The maximum absolute atomic E-state index is 13.9. The van der Waals surface area contributed by atoms with Crippen LogP contribution in [-0.2, 0) is 19.5 Å². The molecule has 3 amide bonds. The van der Waals surface area contributed by atoms with E-state index in [2.05, 4.69) is 31.7 Å². The van der Waals surface area contributed by atoms with Crippen LogP contribution in [0.25, 0.3) is 0 Å². The van der Waals surface area contributed by atoms with Gasteiger partial charge in [-0.2, -0.15) is 5.10 Å². The maximum Gasteiger partial charge on any atom is 0.322 e. The molecule has 7 nitrogen and oxygen atoms in total. The van der Waals surface area contributed by atoms with Crippen LogP contribution in [0.5, 0.6) is 0 Å². The highest BCUT2D eigenvalue weighted by atomic mass is 79.9. The number of benzene rings is 1. The molecule has 1 aromatic carbocycles. The first-order valence-corrected chi connectivity index (χ1v) is 9.34. The first-order chi connectivity index (χ1) is 13.3. The SMILES string of the molecule is C.O=C1NCC(F)Cn2nc3c(c21)CN(C(=O)Nc1cc(Br)c(F)cc1F)CC3. The van der Waals surface area contributed by atoms with Gasteiger partial charge in [0, 0.05) is 24.6 Å². The lowest BCUT2D eigenvalue weighted by Gasteiger charge is -2.27. The van der Waals surface area contributed by atoms with Gasteiger partial charge in [0.05, 0.1) is 35.5 Å². The van der Waals surface area contributed by atoms with Crippen molar-refractivity contribution in [2.45, 2.75) is 33.1 Å². The highest BCUT2D eigenvalue weighted by molar-refractivity contribution is 9.10. The molecule has 3 heterocycles. The van der Waals surface area contributed by atoms with E-state index in [1.807, 2.05) is 0 Å². The van der Waals surface area contributed by atoms with Crippen molar-refractivity contribution in [3.05, 3.63) is 45.2 Å². The van der Waals surface area contributed by atoms with Crippen molar-refractivity contribution in [3.8, 4) is 0 Å². The summed E-state index contributed by atoms with van der Waals surface area (Å²) >= 11 is 2.95. The number of urea groups is 1. The third-order valence-corrected chi connectivity index (χ3v) is 5.32. The zero-order valence-corrected chi connectivity index (χ0v) is 16.0. The Bertz CT molecular complexity index is 981. The molecule has 0 spiro atoms. The number of amides is 3. The molecule has 0 aliphatic carbocycles. The molecule has 0 saturated carbocycles. The molecule has 1 atom stereocenters. The first kappa shape index (κ1) is 21.2. The molecule has 1 unspecified atom stereocenters. The number of hydrogen-bond acceptors (Lipinski definition) is 3. The van der Waals surface area contributed by atoms with Crippen LogP contribution >= 0.6 is 15.9 Å². The highest BCUT2D eigenvalue weighted by Gasteiger charge is 2.32. The summed E-state index contributed by atoms with van der Waals surface area (Å²) in [6, 6.07) is 1.21. The van der Waals surface area contributed by atoms with Crippen molar-refractivity contribution in [1.29, 1.82) is 0 Å². The average Bonchev–Trinajstić information content (AvgIpc) is 2.93. The van der Waals surface area contributed by atoms with Crippen molar-refractivity contribution in [2.75, 3.05) is 18.4 Å². The number of hydrogen-bond donors (Lipinski definition) is 2. The molecule has 2 N–H and O–H groups in total. The Morgan fingerprint density at radius 2 is 2.07 bits per heavy atom. The molecule has 0 radical (unpaired) electrons. The number of nitrogens with zero attached hydrogens (tertiary/aromatic N) is 3. The molecule has 0 fully saturated rings. The summed E-state index contributed by atoms with van der Waals surface area (Å²) in [5, 5.41) is 9.23. The molecule has 29 heavy (non-hydrogen) atoms. The van der Waals surface area contributed by atoms with Gasteiger partial charge in [0.1, 0.15) is 23.5 Å². The first-order valence-electron chi connectivity index (χ1n) is 8.54. The van der Waals surface area contributed by atoms with Crippen molar-refractivity contribution in [3.63, 3.8) is 0 Å². The lowest BCUT2D eigenvalue weighted by Crippen LogP contribution is -2.39. The Kier molecular flexibility index (Phi) is 5.87. The van der Waals surface area contributed by atoms with Crippen LogP contribution in [0.15, 0.2) is 16.6 Å². The van der Waals surface area contributed by atoms with E-state index in [9.17, 15) is 22.8 Å². The van der Waals surface area contributed by atoms with Gasteiger partial charge in [0.25, 0.3) is 5.91 Å². The summed E-state index contributed by atoms with van der Waals surface area (Å²) in [5.41, 5.74) is 1.26. The zero-order valence-electron chi connectivity index (χ0n) is 14.4. The Morgan fingerprint density at radius 3 is 2.83 bits per heavy atom. The smallest absolute Gasteiger partial charge is 0.322 e. The van der Waals surface area contributed by atoms with Gasteiger partial charge in [-0.15, -0.1) is 0 Å². The van der Waals surface area contributed by atoms with E-state index in [4.69, 9.17) is 0 Å². The van der Waals surface area contributed by atoms with Crippen molar-refractivity contribution < 1.29 is 22.8 Å². The minimum Gasteiger partial charge on any atom is -0.348 e. The monoisotopic (exact) mass is 473 g/mol. The fraction of sp³-hybridized carbons (Fsp3) is 0.389. The van der Waals surface area contributed by atoms with Crippen molar-refractivity contribution in [2.24, 2.45) is 0 Å². The molecule has 0 bridgehead atoms. The van der Waals surface area contributed by atoms with Gasteiger partial charge in [0.15, 0.2) is 0 Å². The third-order valence-electron chi connectivity index (χ3n) is 4.71. The van der Waals surface area contributed by atoms with E-state index in [-0.39, 0.29) is 42.9 Å². The second kappa shape index (κ2) is 8.05. The Hall–Kier alpha value is -2.56. The average molecular weight is 474 g/mol. The lowest BCUT2D eigenvalue weighted by molar-refractivity contribution is 0.0943. The van der Waals surface area contributed by atoms with E-state index in [0.717, 1.165) is 6.07 Å². The fourth-order valence-electron chi connectivity index (χ4n) is 3.34. The van der Waals surface area contributed by atoms with E-state index in [1.165, 1.54) is 9.58 Å². The van der Waals surface area contributed by atoms with E-state index in [0.29, 0.717) is 30.3 Å². The van der Waals surface area contributed by atoms with E-state index < -0.39 is 29.7 Å². The standard InChI is InChI=1S/C17H15BrF3N5O2.CH4/c18-10-3-14(12(21)4-11(10)20)23-17(28)25-2-1-13-9(7-25)15-16(27)22-5-8(19)6-26(15)24-13;/h3-4,8H,1-2,5-7H2,(H,22,27)(H,23,28);1H4. The number of rotatable bonds is 1. The van der Waals surface area contributed by atoms with Crippen LogP contribution in [0.4, 0.5) is 23.7 Å². The number of anilines is 1. The summed E-state index contributed by atoms with van der Waals surface area (Å²) in [6.45, 7) is 0.229. The molecule has 2 aliphatic heterocycles. The van der Waals surface area contributed by atoms with Gasteiger partial charge in [-0.1, -0.05) is 7.43 Å². The molecule has 2 aliphatic rings. The van der Waals surface area contributed by atoms with Gasteiger partial charge in [-0.3, -0.25) is 9.48 Å². The molecule has 2 aromatic rings. The molecular formula is C18H19BrF3N5O2. The van der Waals surface area contributed by atoms with Gasteiger partial charge < -0.3 is 15.5 Å². The summed E-state index contributed by atoms with van der Waals surface area (Å²) in [6.07, 6.45) is -0.867. The fourth-order valence-corrected chi connectivity index (χ4v) is 3.68. The van der Waals surface area contributed by atoms with Crippen LogP contribution in [0.1, 0.15) is 29.2 Å². The normalized spacial score (nSPS) is 18.1. The zero-order chi connectivity index (χ0) is 20.0. The number of aromatic nitrogens is 2. The number of alkyl halides is 1. The van der Waals surface area contributed by atoms with Gasteiger partial charge >= 0.3 is 6.03 Å². The van der Waals surface area contributed by atoms with E-state index >= 15 is 0 Å². The number of nitrogens with one attached hydrogen (secondary N) is 2. The number of carbonyl (C=O) groups excluding carboxylic acids is 2. The molecule has 0 saturated heterocycles. The summed E-state index contributed by atoms with van der Waals surface area (Å²) in [4.78, 5) is 26.3. The summed E-state index contributed by atoms with van der Waals surface area (Å²) in [5.74, 6) is -2.12. The van der Waals surface area contributed by atoms with Crippen molar-refractivity contribution >= 4 is 33.6 Å². The minimum absolute atomic E-state index is 0. The van der Waals surface area contributed by atoms with Crippen LogP contribution in [0.3, 0.4) is 0 Å². The predicted octanol–water partition coefficient (Wildman–Crippen LogP) is 3.23. The van der Waals surface area contributed by atoms with Crippen molar-refractivity contribution in [1.82, 2.24) is 20.0 Å². The number of halogens is 4. The lowest BCUT2D eigenvalue weighted by atomic mass is 10.1.